The van der Waals surface area contributed by atoms with Crippen LogP contribution in [0.5, 0.6) is 0 Å². The molecule has 1 aromatic rings. The van der Waals surface area contributed by atoms with Crippen molar-refractivity contribution in [1.29, 1.82) is 5.26 Å². The molecule has 0 aliphatic heterocycles. The van der Waals surface area contributed by atoms with Gasteiger partial charge in [0.15, 0.2) is 0 Å². The number of nitrogens with zero attached hydrogens (tertiary/aromatic N) is 2. The minimum Gasteiger partial charge on any atom is -0.396 e. The highest BCUT2D eigenvalue weighted by Crippen LogP contribution is 2.20. The Labute approximate surface area is 94.2 Å². The Bertz CT molecular complexity index is 373. The Balaban J connectivity index is 2.69. The van der Waals surface area contributed by atoms with Crippen molar-refractivity contribution in [3.8, 4) is 6.07 Å². The summed E-state index contributed by atoms with van der Waals surface area (Å²) < 4.78 is 0. The monoisotopic (exact) mass is 222 g/mol. The molecular formula is C11H14N2OS. The Hall–Kier alpha value is -1.05. The zero-order valence-electron chi connectivity index (χ0n) is 8.90. The third-order valence-electron chi connectivity index (χ3n) is 1.89. The molecule has 15 heavy (non-hydrogen) atoms. The van der Waals surface area contributed by atoms with Crippen LogP contribution in [0.1, 0.15) is 18.2 Å². The Morgan fingerprint density at radius 1 is 1.60 bits per heavy atom. The number of rotatable bonds is 4. The average Bonchev–Trinajstić information content (AvgIpc) is 2.25. The van der Waals surface area contributed by atoms with Crippen LogP contribution in [0.2, 0.25) is 0 Å². The maximum Gasteiger partial charge on any atom is 0.0993 e. The molecule has 4 heteroatoms. The lowest BCUT2D eigenvalue weighted by molar-refractivity contribution is 0.250. The SMILES string of the molecule is Cc1cc(C#N)cc(SCC(C)CO)n1. The summed E-state index contributed by atoms with van der Waals surface area (Å²) in [6.07, 6.45) is 0. The van der Waals surface area contributed by atoms with Gasteiger partial charge in [0.05, 0.1) is 16.7 Å². The Morgan fingerprint density at radius 2 is 2.33 bits per heavy atom. The van der Waals surface area contributed by atoms with Crippen molar-refractivity contribution in [3.63, 3.8) is 0 Å². The molecule has 0 aliphatic carbocycles. The van der Waals surface area contributed by atoms with Crippen molar-refractivity contribution in [1.82, 2.24) is 4.98 Å². The second kappa shape index (κ2) is 5.74. The molecule has 0 spiro atoms. The molecule has 0 saturated carbocycles. The van der Waals surface area contributed by atoms with E-state index in [0.29, 0.717) is 5.56 Å². The van der Waals surface area contributed by atoms with Gasteiger partial charge < -0.3 is 5.11 Å². The highest BCUT2D eigenvalue weighted by Gasteiger charge is 2.04. The topological polar surface area (TPSA) is 56.9 Å². The second-order valence-electron chi connectivity index (χ2n) is 3.55. The summed E-state index contributed by atoms with van der Waals surface area (Å²) in [6, 6.07) is 5.65. The van der Waals surface area contributed by atoms with Crippen molar-refractivity contribution >= 4 is 11.8 Å². The number of aromatic nitrogens is 1. The minimum absolute atomic E-state index is 0.184. The number of aryl methyl sites for hydroxylation is 1. The van der Waals surface area contributed by atoms with Crippen molar-refractivity contribution < 1.29 is 5.11 Å². The van der Waals surface area contributed by atoms with E-state index in [1.54, 1.807) is 23.9 Å². The predicted octanol–water partition coefficient (Wildman–Crippen LogP) is 1.98. The lowest BCUT2D eigenvalue weighted by Gasteiger charge is -2.07. The molecule has 0 fully saturated rings. The summed E-state index contributed by atoms with van der Waals surface area (Å²) in [7, 11) is 0. The summed E-state index contributed by atoms with van der Waals surface area (Å²) in [5.41, 5.74) is 1.50. The fourth-order valence-electron chi connectivity index (χ4n) is 1.06. The van der Waals surface area contributed by atoms with Crippen molar-refractivity contribution in [2.24, 2.45) is 5.92 Å². The molecule has 1 heterocycles. The number of pyridine rings is 1. The van der Waals surface area contributed by atoms with Crippen LogP contribution in [0.4, 0.5) is 0 Å². The first-order valence-corrected chi connectivity index (χ1v) is 5.76. The molecule has 1 N–H and O–H groups in total. The van der Waals surface area contributed by atoms with Crippen LogP contribution >= 0.6 is 11.8 Å². The standard InChI is InChI=1S/C11H14N2OS/c1-8(6-14)7-15-11-4-10(5-12)3-9(2)13-11/h3-4,8,14H,6-7H2,1-2H3. The first-order chi connectivity index (χ1) is 7.15. The van der Waals surface area contributed by atoms with Gasteiger partial charge in [0.1, 0.15) is 0 Å². The van der Waals surface area contributed by atoms with Crippen LogP contribution in [-0.2, 0) is 0 Å². The quantitative estimate of drug-likeness (QED) is 0.791. The molecule has 0 amide bonds. The number of aliphatic hydroxyl groups is 1. The van der Waals surface area contributed by atoms with Crippen LogP contribution in [0.15, 0.2) is 17.2 Å². The maximum absolute atomic E-state index is 8.88. The van der Waals surface area contributed by atoms with Gasteiger partial charge in [-0.15, -0.1) is 11.8 Å². The molecule has 0 aromatic carbocycles. The van der Waals surface area contributed by atoms with Crippen molar-refractivity contribution in [2.45, 2.75) is 18.9 Å². The van der Waals surface area contributed by atoms with Crippen molar-refractivity contribution in [3.05, 3.63) is 23.4 Å². The highest BCUT2D eigenvalue weighted by atomic mass is 32.2. The number of nitriles is 1. The smallest absolute Gasteiger partial charge is 0.0993 e. The highest BCUT2D eigenvalue weighted by molar-refractivity contribution is 7.99. The first kappa shape index (κ1) is 12.0. The van der Waals surface area contributed by atoms with E-state index in [0.717, 1.165) is 16.5 Å². The molecule has 80 valence electrons. The van der Waals surface area contributed by atoms with E-state index in [9.17, 15) is 0 Å². The Morgan fingerprint density at radius 3 is 2.93 bits per heavy atom. The number of hydrogen-bond acceptors (Lipinski definition) is 4. The largest absolute Gasteiger partial charge is 0.396 e. The molecule has 1 rings (SSSR count). The zero-order chi connectivity index (χ0) is 11.3. The third-order valence-corrected chi connectivity index (χ3v) is 3.13. The second-order valence-corrected chi connectivity index (χ2v) is 4.59. The van der Waals surface area contributed by atoms with E-state index in [2.05, 4.69) is 11.1 Å². The zero-order valence-corrected chi connectivity index (χ0v) is 9.71. The molecule has 0 bridgehead atoms. The molecule has 1 aromatic heterocycles. The molecule has 3 nitrogen and oxygen atoms in total. The molecule has 0 radical (unpaired) electrons. The van der Waals surface area contributed by atoms with E-state index in [4.69, 9.17) is 10.4 Å². The average molecular weight is 222 g/mol. The predicted molar refractivity (Wildman–Crippen MR) is 60.7 cm³/mol. The lowest BCUT2D eigenvalue weighted by atomic mass is 10.2. The van der Waals surface area contributed by atoms with Gasteiger partial charge in [-0.25, -0.2) is 4.98 Å². The van der Waals surface area contributed by atoms with E-state index in [-0.39, 0.29) is 12.5 Å². The van der Waals surface area contributed by atoms with E-state index >= 15 is 0 Å². The van der Waals surface area contributed by atoms with Gasteiger partial charge in [-0.05, 0) is 25.0 Å². The van der Waals surface area contributed by atoms with E-state index in [1.807, 2.05) is 13.8 Å². The molecule has 1 unspecified atom stereocenters. The van der Waals surface area contributed by atoms with Gasteiger partial charge >= 0.3 is 0 Å². The number of aliphatic hydroxyl groups excluding tert-OH is 1. The Kier molecular flexibility index (Phi) is 4.60. The van der Waals surface area contributed by atoms with E-state index in [1.165, 1.54) is 0 Å². The summed E-state index contributed by atoms with van der Waals surface area (Å²) in [5, 5.41) is 18.5. The molecule has 1 atom stereocenters. The number of thioether (sulfide) groups is 1. The van der Waals surface area contributed by atoms with Gasteiger partial charge in [0, 0.05) is 18.1 Å². The van der Waals surface area contributed by atoms with Crippen LogP contribution < -0.4 is 0 Å². The first-order valence-electron chi connectivity index (χ1n) is 4.78. The van der Waals surface area contributed by atoms with Gasteiger partial charge in [-0.1, -0.05) is 6.92 Å². The molecule has 0 saturated heterocycles. The minimum atomic E-state index is 0.184. The van der Waals surface area contributed by atoms with Gasteiger partial charge in [-0.2, -0.15) is 5.26 Å². The lowest BCUT2D eigenvalue weighted by Crippen LogP contribution is -2.03. The normalized spacial score (nSPS) is 12.1. The maximum atomic E-state index is 8.88. The van der Waals surface area contributed by atoms with Gasteiger partial charge in [0.2, 0.25) is 0 Å². The third kappa shape index (κ3) is 3.90. The summed E-state index contributed by atoms with van der Waals surface area (Å²) >= 11 is 1.57. The van der Waals surface area contributed by atoms with Crippen LogP contribution in [0.25, 0.3) is 0 Å². The van der Waals surface area contributed by atoms with Crippen LogP contribution in [0, 0.1) is 24.2 Å². The van der Waals surface area contributed by atoms with Gasteiger partial charge in [-0.3, -0.25) is 0 Å². The van der Waals surface area contributed by atoms with Crippen molar-refractivity contribution in [2.75, 3.05) is 12.4 Å². The van der Waals surface area contributed by atoms with E-state index < -0.39 is 0 Å². The number of hydrogen-bond donors (Lipinski definition) is 1. The fourth-order valence-corrected chi connectivity index (χ4v) is 2.04. The molecule has 0 aliphatic rings. The summed E-state index contributed by atoms with van der Waals surface area (Å²) in [6.45, 7) is 4.04. The molecular weight excluding hydrogens is 208 g/mol. The van der Waals surface area contributed by atoms with Crippen LogP contribution in [-0.4, -0.2) is 22.5 Å². The van der Waals surface area contributed by atoms with Gasteiger partial charge in [0.25, 0.3) is 0 Å². The fraction of sp³-hybridized carbons (Fsp3) is 0.455. The summed E-state index contributed by atoms with van der Waals surface area (Å²) in [4.78, 5) is 4.32. The van der Waals surface area contributed by atoms with Crippen LogP contribution in [0.3, 0.4) is 0 Å². The summed E-state index contributed by atoms with van der Waals surface area (Å²) in [5.74, 6) is 1.07.